The second-order valence-electron chi connectivity index (χ2n) is 5.35. The molecule has 16 heavy (non-hydrogen) atoms. The predicted molar refractivity (Wildman–Crippen MR) is 68.7 cm³/mol. The Morgan fingerprint density at radius 3 is 2.94 bits per heavy atom. The number of rotatable bonds is 8. The molecule has 1 fully saturated rings. The van der Waals surface area contributed by atoms with E-state index in [2.05, 4.69) is 24.1 Å². The van der Waals surface area contributed by atoms with Gasteiger partial charge in [0.2, 0.25) is 0 Å². The van der Waals surface area contributed by atoms with Crippen molar-refractivity contribution in [2.75, 3.05) is 46.4 Å². The molecule has 1 aliphatic heterocycles. The van der Waals surface area contributed by atoms with Crippen LogP contribution < -0.4 is 5.32 Å². The highest BCUT2D eigenvalue weighted by Crippen LogP contribution is 2.15. The summed E-state index contributed by atoms with van der Waals surface area (Å²) in [4.78, 5) is 2.57. The van der Waals surface area contributed by atoms with Crippen molar-refractivity contribution < 1.29 is 4.74 Å². The first-order valence-corrected chi connectivity index (χ1v) is 6.64. The van der Waals surface area contributed by atoms with Crippen LogP contribution in [0, 0.1) is 11.8 Å². The first-order chi connectivity index (χ1) is 7.72. The molecule has 1 unspecified atom stereocenters. The quantitative estimate of drug-likeness (QED) is 0.639. The molecular weight excluding hydrogens is 200 g/mol. The lowest BCUT2D eigenvalue weighted by Gasteiger charge is -2.16. The molecule has 1 saturated heterocycles. The van der Waals surface area contributed by atoms with Gasteiger partial charge < -0.3 is 15.0 Å². The predicted octanol–water partition coefficient (Wildman–Crippen LogP) is 1.59. The van der Waals surface area contributed by atoms with Crippen LogP contribution in [0.25, 0.3) is 0 Å². The summed E-state index contributed by atoms with van der Waals surface area (Å²) in [6, 6.07) is 0. The van der Waals surface area contributed by atoms with Gasteiger partial charge in [0.25, 0.3) is 0 Å². The Kier molecular flexibility index (Phi) is 7.01. The van der Waals surface area contributed by atoms with Crippen LogP contribution in [-0.4, -0.2) is 51.3 Å². The van der Waals surface area contributed by atoms with Crippen molar-refractivity contribution in [2.24, 2.45) is 11.8 Å². The van der Waals surface area contributed by atoms with E-state index in [9.17, 15) is 0 Å². The van der Waals surface area contributed by atoms with Crippen LogP contribution in [0.5, 0.6) is 0 Å². The largest absolute Gasteiger partial charge is 0.385 e. The van der Waals surface area contributed by atoms with E-state index in [1.54, 1.807) is 7.11 Å². The van der Waals surface area contributed by atoms with Crippen LogP contribution in [0.1, 0.15) is 26.7 Å². The van der Waals surface area contributed by atoms with Crippen LogP contribution in [0.3, 0.4) is 0 Å². The molecule has 1 N–H and O–H groups in total. The van der Waals surface area contributed by atoms with E-state index in [1.807, 2.05) is 0 Å². The smallest absolute Gasteiger partial charge is 0.0474 e. The molecule has 0 aromatic heterocycles. The minimum atomic E-state index is 0.763. The normalized spacial score (nSPS) is 22.1. The maximum absolute atomic E-state index is 5.08. The van der Waals surface area contributed by atoms with Crippen LogP contribution in [-0.2, 0) is 4.74 Å². The number of nitrogens with zero attached hydrogens (tertiary/aromatic N) is 1. The van der Waals surface area contributed by atoms with E-state index < -0.39 is 0 Å². The fourth-order valence-electron chi connectivity index (χ4n) is 2.29. The third-order valence-corrected chi connectivity index (χ3v) is 3.18. The van der Waals surface area contributed by atoms with E-state index in [0.29, 0.717) is 0 Å². The number of ether oxygens (including phenoxy) is 1. The van der Waals surface area contributed by atoms with Crippen molar-refractivity contribution in [3.8, 4) is 0 Å². The fourth-order valence-corrected chi connectivity index (χ4v) is 2.29. The van der Waals surface area contributed by atoms with Gasteiger partial charge >= 0.3 is 0 Å². The topological polar surface area (TPSA) is 24.5 Å². The molecule has 0 aliphatic carbocycles. The fraction of sp³-hybridized carbons (Fsp3) is 1.00. The van der Waals surface area contributed by atoms with E-state index in [-0.39, 0.29) is 0 Å². The highest BCUT2D eigenvalue weighted by molar-refractivity contribution is 4.77. The Bertz CT molecular complexity index is 173. The van der Waals surface area contributed by atoms with Crippen molar-refractivity contribution >= 4 is 0 Å². The molecule has 1 atom stereocenters. The van der Waals surface area contributed by atoms with Crippen molar-refractivity contribution in [3.05, 3.63) is 0 Å². The van der Waals surface area contributed by atoms with Gasteiger partial charge in [-0.3, -0.25) is 0 Å². The van der Waals surface area contributed by atoms with Crippen LogP contribution >= 0.6 is 0 Å². The average molecular weight is 228 g/mol. The second-order valence-corrected chi connectivity index (χ2v) is 5.35. The van der Waals surface area contributed by atoms with Gasteiger partial charge in [-0.15, -0.1) is 0 Å². The summed E-state index contributed by atoms with van der Waals surface area (Å²) in [5, 5.41) is 3.56. The molecule has 0 spiro atoms. The van der Waals surface area contributed by atoms with E-state index in [1.165, 1.54) is 39.0 Å². The third-order valence-electron chi connectivity index (χ3n) is 3.18. The lowest BCUT2D eigenvalue weighted by molar-refractivity contribution is 0.178. The summed E-state index contributed by atoms with van der Waals surface area (Å²) < 4.78 is 5.08. The molecule has 0 amide bonds. The first-order valence-electron chi connectivity index (χ1n) is 6.64. The van der Waals surface area contributed by atoms with Gasteiger partial charge in [-0.2, -0.15) is 0 Å². The summed E-state index contributed by atoms with van der Waals surface area (Å²) in [5.41, 5.74) is 0. The third kappa shape index (κ3) is 5.83. The number of hydrogen-bond acceptors (Lipinski definition) is 3. The molecule has 0 saturated carbocycles. The van der Waals surface area contributed by atoms with Crippen LogP contribution in [0.2, 0.25) is 0 Å². The number of hydrogen-bond donors (Lipinski definition) is 1. The molecule has 0 radical (unpaired) electrons. The molecule has 96 valence electrons. The zero-order chi connectivity index (χ0) is 11.8. The molecule has 3 heteroatoms. The number of nitrogens with one attached hydrogen (secondary N) is 1. The van der Waals surface area contributed by atoms with Crippen LogP contribution in [0.4, 0.5) is 0 Å². The van der Waals surface area contributed by atoms with Crippen LogP contribution in [0.15, 0.2) is 0 Å². The highest BCUT2D eigenvalue weighted by atomic mass is 16.5. The van der Waals surface area contributed by atoms with Gasteiger partial charge in [0.05, 0.1) is 0 Å². The summed E-state index contributed by atoms with van der Waals surface area (Å²) in [7, 11) is 1.78. The standard InChI is InChI=1S/C13H28N2O/c1-12(2)9-14-10-13-5-7-15(11-13)6-4-8-16-3/h12-14H,4-11H2,1-3H3. The molecule has 1 aliphatic rings. The molecule has 1 heterocycles. The van der Waals surface area contributed by atoms with E-state index in [4.69, 9.17) is 4.74 Å². The summed E-state index contributed by atoms with van der Waals surface area (Å²) in [6.07, 6.45) is 2.53. The Hall–Kier alpha value is -0.120. The lowest BCUT2D eigenvalue weighted by Crippen LogP contribution is -2.29. The van der Waals surface area contributed by atoms with Gasteiger partial charge in [0, 0.05) is 26.8 Å². The molecule has 3 nitrogen and oxygen atoms in total. The average Bonchev–Trinajstić information content (AvgIpc) is 2.66. The molecule has 0 aromatic carbocycles. The zero-order valence-electron chi connectivity index (χ0n) is 11.2. The van der Waals surface area contributed by atoms with Crippen molar-refractivity contribution in [3.63, 3.8) is 0 Å². The molecule has 0 bridgehead atoms. The summed E-state index contributed by atoms with van der Waals surface area (Å²) >= 11 is 0. The lowest BCUT2D eigenvalue weighted by atomic mass is 10.1. The van der Waals surface area contributed by atoms with Crippen molar-refractivity contribution in [1.29, 1.82) is 0 Å². The molecule has 1 rings (SSSR count). The number of likely N-dealkylation sites (tertiary alicyclic amines) is 1. The zero-order valence-corrected chi connectivity index (χ0v) is 11.2. The van der Waals surface area contributed by atoms with Gasteiger partial charge in [0.1, 0.15) is 0 Å². The SMILES string of the molecule is COCCCN1CCC(CNCC(C)C)C1. The minimum Gasteiger partial charge on any atom is -0.385 e. The maximum atomic E-state index is 5.08. The second kappa shape index (κ2) is 8.04. The van der Waals surface area contributed by atoms with Gasteiger partial charge in [-0.1, -0.05) is 13.8 Å². The van der Waals surface area contributed by atoms with Crippen molar-refractivity contribution in [2.45, 2.75) is 26.7 Å². The minimum absolute atomic E-state index is 0.763. The monoisotopic (exact) mass is 228 g/mol. The highest BCUT2D eigenvalue weighted by Gasteiger charge is 2.21. The Balaban J connectivity index is 2.01. The van der Waals surface area contributed by atoms with E-state index >= 15 is 0 Å². The Morgan fingerprint density at radius 1 is 1.44 bits per heavy atom. The first kappa shape index (κ1) is 13.9. The molecular formula is C13H28N2O. The molecule has 0 aromatic rings. The summed E-state index contributed by atoms with van der Waals surface area (Å²) in [6.45, 7) is 11.5. The summed E-state index contributed by atoms with van der Waals surface area (Å²) in [5.74, 6) is 1.63. The maximum Gasteiger partial charge on any atom is 0.0474 e. The van der Waals surface area contributed by atoms with Crippen molar-refractivity contribution in [1.82, 2.24) is 10.2 Å². The van der Waals surface area contributed by atoms with Gasteiger partial charge in [0.15, 0.2) is 0 Å². The number of methoxy groups -OCH3 is 1. The van der Waals surface area contributed by atoms with Gasteiger partial charge in [-0.05, 0) is 44.3 Å². The van der Waals surface area contributed by atoms with Gasteiger partial charge in [-0.25, -0.2) is 0 Å². The Morgan fingerprint density at radius 2 is 2.25 bits per heavy atom. The Labute approximate surface area is 101 Å². The van der Waals surface area contributed by atoms with E-state index in [0.717, 1.165) is 25.0 Å².